The van der Waals surface area contributed by atoms with Crippen molar-refractivity contribution in [1.29, 1.82) is 0 Å². The second kappa shape index (κ2) is 5.79. The van der Waals surface area contributed by atoms with Crippen LogP contribution in [0.5, 0.6) is 0 Å². The maximum Gasteiger partial charge on any atom is 0.0373 e. The molecule has 0 spiro atoms. The van der Waals surface area contributed by atoms with Gasteiger partial charge in [0.05, 0.1) is 0 Å². The number of anilines is 2. The van der Waals surface area contributed by atoms with Crippen molar-refractivity contribution in [1.82, 2.24) is 0 Å². The van der Waals surface area contributed by atoms with E-state index in [1.54, 1.807) is 0 Å². The van der Waals surface area contributed by atoms with Gasteiger partial charge in [-0.25, -0.2) is 0 Å². The zero-order valence-corrected chi connectivity index (χ0v) is 11.2. The van der Waals surface area contributed by atoms with E-state index in [1.807, 2.05) is 0 Å². The predicted molar refractivity (Wildman–Crippen MR) is 81.9 cm³/mol. The lowest BCUT2D eigenvalue weighted by Gasteiger charge is -2.16. The van der Waals surface area contributed by atoms with E-state index in [9.17, 15) is 0 Å². The number of hydrogen-bond donors (Lipinski definition) is 2. The van der Waals surface area contributed by atoms with E-state index in [2.05, 4.69) is 59.2 Å². The van der Waals surface area contributed by atoms with E-state index in [1.165, 1.54) is 41.8 Å². The van der Waals surface area contributed by atoms with Gasteiger partial charge in [0.15, 0.2) is 0 Å². The summed E-state index contributed by atoms with van der Waals surface area (Å²) in [4.78, 5) is 0. The molecule has 98 valence electrons. The van der Waals surface area contributed by atoms with Crippen LogP contribution in [0.4, 0.5) is 11.4 Å². The van der Waals surface area contributed by atoms with Crippen molar-refractivity contribution in [3.05, 3.63) is 59.7 Å². The molecule has 0 bridgehead atoms. The molecule has 0 fully saturated rings. The number of benzene rings is 2. The van der Waals surface area contributed by atoms with Crippen molar-refractivity contribution in [3.63, 3.8) is 0 Å². The summed E-state index contributed by atoms with van der Waals surface area (Å²) in [5.41, 5.74) is 5.57. The summed E-state index contributed by atoms with van der Waals surface area (Å²) in [5.74, 6) is 0. The number of aryl methyl sites for hydroxylation is 1. The molecular formula is C17H20N2. The molecule has 0 saturated heterocycles. The predicted octanol–water partition coefficient (Wildman–Crippen LogP) is 3.70. The lowest BCUT2D eigenvalue weighted by Crippen LogP contribution is -2.10. The van der Waals surface area contributed by atoms with Crippen LogP contribution in [0.1, 0.15) is 17.5 Å². The number of nitrogens with one attached hydrogen (secondary N) is 2. The minimum absolute atomic E-state index is 1.11. The lowest BCUT2D eigenvalue weighted by molar-refractivity contribution is 0.830. The summed E-state index contributed by atoms with van der Waals surface area (Å²) in [7, 11) is 0. The first-order valence-corrected chi connectivity index (χ1v) is 7.07. The highest BCUT2D eigenvalue weighted by atomic mass is 14.9. The van der Waals surface area contributed by atoms with Gasteiger partial charge in [-0.3, -0.25) is 0 Å². The molecule has 4 rings (SSSR count). The number of fused-ring (bicyclic) bond motifs is 2. The van der Waals surface area contributed by atoms with Crippen LogP contribution in [0.2, 0.25) is 0 Å². The quantitative estimate of drug-likeness (QED) is 0.747. The zero-order chi connectivity index (χ0) is 12.9. The fourth-order valence-electron chi connectivity index (χ4n) is 2.66. The van der Waals surface area contributed by atoms with Crippen LogP contribution in [0.3, 0.4) is 0 Å². The molecule has 2 aromatic carbocycles. The Kier molecular flexibility index (Phi) is 3.68. The monoisotopic (exact) mass is 252 g/mol. The Morgan fingerprint density at radius 3 is 1.89 bits per heavy atom. The molecule has 2 heterocycles. The first kappa shape index (κ1) is 12.1. The van der Waals surface area contributed by atoms with Crippen molar-refractivity contribution in [2.45, 2.75) is 19.3 Å². The first-order chi connectivity index (χ1) is 9.43. The molecular weight excluding hydrogens is 232 g/mol. The van der Waals surface area contributed by atoms with Gasteiger partial charge < -0.3 is 10.6 Å². The maximum absolute atomic E-state index is 3.36. The molecule has 2 aliphatic rings. The largest absolute Gasteiger partial charge is 0.385 e. The van der Waals surface area contributed by atoms with Gasteiger partial charge in [-0.05, 0) is 42.5 Å². The number of hydrogen-bond acceptors (Lipinski definition) is 2. The Balaban J connectivity index is 0.000000117. The van der Waals surface area contributed by atoms with E-state index in [4.69, 9.17) is 0 Å². The number of para-hydroxylation sites is 2. The number of rotatable bonds is 0. The van der Waals surface area contributed by atoms with E-state index in [0.717, 1.165) is 13.1 Å². The van der Waals surface area contributed by atoms with Crippen LogP contribution in [0.15, 0.2) is 48.5 Å². The third kappa shape index (κ3) is 2.90. The Labute approximate surface area is 114 Å². The van der Waals surface area contributed by atoms with Crippen LogP contribution in [0.25, 0.3) is 0 Å². The van der Waals surface area contributed by atoms with Gasteiger partial charge in [0.25, 0.3) is 0 Å². The summed E-state index contributed by atoms with van der Waals surface area (Å²) in [5, 5.41) is 6.66. The van der Waals surface area contributed by atoms with E-state index >= 15 is 0 Å². The molecule has 0 aliphatic carbocycles. The average molecular weight is 252 g/mol. The van der Waals surface area contributed by atoms with Crippen LogP contribution in [-0.4, -0.2) is 13.1 Å². The molecule has 2 aliphatic heterocycles. The first-order valence-electron chi connectivity index (χ1n) is 7.07. The third-order valence-corrected chi connectivity index (χ3v) is 3.68. The van der Waals surface area contributed by atoms with Crippen molar-refractivity contribution in [3.8, 4) is 0 Å². The van der Waals surface area contributed by atoms with Crippen LogP contribution in [-0.2, 0) is 12.8 Å². The van der Waals surface area contributed by atoms with Crippen LogP contribution < -0.4 is 10.6 Å². The normalized spacial score (nSPS) is 15.2. The van der Waals surface area contributed by atoms with Crippen molar-refractivity contribution in [2.24, 2.45) is 0 Å². The van der Waals surface area contributed by atoms with Gasteiger partial charge in [0.1, 0.15) is 0 Å². The third-order valence-electron chi connectivity index (χ3n) is 3.68. The molecule has 0 atom stereocenters. The zero-order valence-electron chi connectivity index (χ0n) is 11.2. The SMILES string of the molecule is c1ccc2c(c1)CCCN2.c1ccc2c(c1)CCN2. The Morgan fingerprint density at radius 1 is 0.632 bits per heavy atom. The highest BCUT2D eigenvalue weighted by Gasteiger charge is 2.06. The highest BCUT2D eigenvalue weighted by molar-refractivity contribution is 5.55. The van der Waals surface area contributed by atoms with Gasteiger partial charge in [-0.15, -0.1) is 0 Å². The molecule has 2 aromatic rings. The molecule has 2 heteroatoms. The molecule has 2 nitrogen and oxygen atoms in total. The van der Waals surface area contributed by atoms with E-state index < -0.39 is 0 Å². The standard InChI is InChI=1S/C9H11N.C8H9N/c1-2-6-9-8(4-1)5-3-7-10-9;1-2-4-8-7(3-1)5-6-9-8/h1-2,4,6,10H,3,5,7H2;1-4,9H,5-6H2. The minimum Gasteiger partial charge on any atom is -0.385 e. The maximum atomic E-state index is 3.36. The second-order valence-electron chi connectivity index (χ2n) is 5.02. The Morgan fingerprint density at radius 2 is 1.21 bits per heavy atom. The average Bonchev–Trinajstić information content (AvgIpc) is 2.96. The topological polar surface area (TPSA) is 24.1 Å². The Hall–Kier alpha value is -1.96. The summed E-state index contributed by atoms with van der Waals surface area (Å²) in [6, 6.07) is 17.0. The van der Waals surface area contributed by atoms with E-state index in [-0.39, 0.29) is 0 Å². The van der Waals surface area contributed by atoms with E-state index in [0.29, 0.717) is 0 Å². The summed E-state index contributed by atoms with van der Waals surface area (Å²) in [6.45, 7) is 2.25. The molecule has 0 radical (unpaired) electrons. The smallest absolute Gasteiger partial charge is 0.0373 e. The molecule has 0 amide bonds. The fraction of sp³-hybridized carbons (Fsp3) is 0.294. The van der Waals surface area contributed by atoms with Crippen molar-refractivity contribution >= 4 is 11.4 Å². The van der Waals surface area contributed by atoms with Crippen molar-refractivity contribution in [2.75, 3.05) is 23.7 Å². The molecule has 0 unspecified atom stereocenters. The van der Waals surface area contributed by atoms with Crippen LogP contribution in [0, 0.1) is 0 Å². The molecule has 0 saturated carbocycles. The molecule has 0 aromatic heterocycles. The van der Waals surface area contributed by atoms with Crippen LogP contribution >= 0.6 is 0 Å². The summed E-state index contributed by atoms with van der Waals surface area (Å²) >= 11 is 0. The lowest BCUT2D eigenvalue weighted by atomic mass is 10.0. The van der Waals surface area contributed by atoms with Gasteiger partial charge in [-0.2, -0.15) is 0 Å². The molecule has 19 heavy (non-hydrogen) atoms. The van der Waals surface area contributed by atoms with Gasteiger partial charge in [0.2, 0.25) is 0 Å². The summed E-state index contributed by atoms with van der Waals surface area (Å²) in [6.07, 6.45) is 3.70. The van der Waals surface area contributed by atoms with Crippen molar-refractivity contribution < 1.29 is 0 Å². The highest BCUT2D eigenvalue weighted by Crippen LogP contribution is 2.20. The van der Waals surface area contributed by atoms with Gasteiger partial charge in [0, 0.05) is 24.5 Å². The van der Waals surface area contributed by atoms with Gasteiger partial charge >= 0.3 is 0 Å². The second-order valence-corrected chi connectivity index (χ2v) is 5.02. The minimum atomic E-state index is 1.11. The fourth-order valence-corrected chi connectivity index (χ4v) is 2.66. The summed E-state index contributed by atoms with van der Waals surface area (Å²) < 4.78 is 0. The Bertz CT molecular complexity index is 500. The molecule has 2 N–H and O–H groups in total. The van der Waals surface area contributed by atoms with Gasteiger partial charge in [-0.1, -0.05) is 36.4 Å².